The average Bonchev–Trinajstić information content (AvgIpc) is 2.63. The summed E-state index contributed by atoms with van der Waals surface area (Å²) in [6.07, 6.45) is -0.238. The first kappa shape index (κ1) is 17.8. The highest BCUT2D eigenvalue weighted by Gasteiger charge is 2.17. The van der Waals surface area contributed by atoms with Gasteiger partial charge in [-0.2, -0.15) is 5.26 Å². The van der Waals surface area contributed by atoms with Crippen molar-refractivity contribution in [2.45, 2.75) is 6.10 Å². The Balaban J connectivity index is 1.67. The lowest BCUT2D eigenvalue weighted by atomic mass is 10.1. The molecule has 2 aromatic rings. The summed E-state index contributed by atoms with van der Waals surface area (Å²) in [4.78, 5) is 12.0. The number of urea groups is 1. The van der Waals surface area contributed by atoms with Gasteiger partial charge in [-0.15, -0.1) is 0 Å². The standard InChI is InChI=1S/C18H16F2N4O2/c19-13-5-11(9-21)6-14(8-13)23-18(25)24-16-2-1-12(7-15(16)20)17-10-22-3-4-26-17/h1-2,5-8,17,22H,3-4,10H2,(H2,23,24,25). The zero-order valence-electron chi connectivity index (χ0n) is 13.7. The normalized spacial score (nSPS) is 16.6. The molecule has 6 nitrogen and oxygen atoms in total. The van der Waals surface area contributed by atoms with Gasteiger partial charge in [-0.05, 0) is 35.9 Å². The summed E-state index contributed by atoms with van der Waals surface area (Å²) in [5, 5.41) is 16.7. The van der Waals surface area contributed by atoms with Gasteiger partial charge in [0.15, 0.2) is 0 Å². The summed E-state index contributed by atoms with van der Waals surface area (Å²) >= 11 is 0. The third-order valence-corrected chi connectivity index (χ3v) is 3.83. The number of anilines is 2. The van der Waals surface area contributed by atoms with Crippen LogP contribution in [0.1, 0.15) is 17.2 Å². The number of nitrogens with one attached hydrogen (secondary N) is 3. The number of hydrogen-bond donors (Lipinski definition) is 3. The molecule has 0 aliphatic carbocycles. The molecule has 0 radical (unpaired) electrons. The molecule has 1 heterocycles. The number of carbonyl (C=O) groups excluding carboxylic acids is 1. The van der Waals surface area contributed by atoms with E-state index in [9.17, 15) is 13.6 Å². The number of halogens is 2. The molecule has 1 atom stereocenters. The molecule has 0 saturated carbocycles. The molecule has 3 rings (SSSR count). The minimum atomic E-state index is -0.748. The molecule has 2 aromatic carbocycles. The van der Waals surface area contributed by atoms with Gasteiger partial charge in [0.2, 0.25) is 0 Å². The second-order valence-corrected chi connectivity index (χ2v) is 5.72. The fourth-order valence-electron chi connectivity index (χ4n) is 2.62. The Morgan fingerprint density at radius 3 is 2.77 bits per heavy atom. The second-order valence-electron chi connectivity index (χ2n) is 5.72. The number of benzene rings is 2. The third-order valence-electron chi connectivity index (χ3n) is 3.83. The number of carbonyl (C=O) groups is 1. The van der Waals surface area contributed by atoms with Crippen LogP contribution in [0.4, 0.5) is 25.0 Å². The largest absolute Gasteiger partial charge is 0.371 e. The zero-order chi connectivity index (χ0) is 18.5. The molecule has 3 N–H and O–H groups in total. The number of amides is 2. The van der Waals surface area contributed by atoms with Gasteiger partial charge in [0.05, 0.1) is 30.0 Å². The molecule has 1 fully saturated rings. The van der Waals surface area contributed by atoms with Gasteiger partial charge in [-0.25, -0.2) is 13.6 Å². The highest BCUT2D eigenvalue weighted by atomic mass is 19.1. The molecule has 8 heteroatoms. The van der Waals surface area contributed by atoms with E-state index in [1.807, 2.05) is 0 Å². The monoisotopic (exact) mass is 358 g/mol. The predicted octanol–water partition coefficient (Wildman–Crippen LogP) is 3.14. The number of ether oxygens (including phenoxy) is 1. The number of rotatable bonds is 3. The van der Waals surface area contributed by atoms with Gasteiger partial charge < -0.3 is 20.7 Å². The minimum Gasteiger partial charge on any atom is -0.371 e. The Kier molecular flexibility index (Phi) is 5.41. The number of hydrogen-bond acceptors (Lipinski definition) is 4. The van der Waals surface area contributed by atoms with Crippen LogP contribution in [0, 0.1) is 23.0 Å². The van der Waals surface area contributed by atoms with Crippen molar-refractivity contribution in [1.82, 2.24) is 5.32 Å². The number of nitrogens with zero attached hydrogens (tertiary/aromatic N) is 1. The first-order valence-electron chi connectivity index (χ1n) is 7.95. The van der Waals surface area contributed by atoms with Crippen molar-refractivity contribution in [3.05, 3.63) is 59.2 Å². The lowest BCUT2D eigenvalue weighted by molar-refractivity contribution is 0.0275. The van der Waals surface area contributed by atoms with Gasteiger partial charge in [0, 0.05) is 18.8 Å². The third kappa shape index (κ3) is 4.33. The van der Waals surface area contributed by atoms with Gasteiger partial charge in [-0.3, -0.25) is 0 Å². The van der Waals surface area contributed by atoms with Crippen molar-refractivity contribution in [2.75, 3.05) is 30.3 Å². The summed E-state index contributed by atoms with van der Waals surface area (Å²) in [6.45, 7) is 1.90. The molecular formula is C18H16F2N4O2. The molecule has 0 bridgehead atoms. The Hall–Kier alpha value is -3.02. The smallest absolute Gasteiger partial charge is 0.323 e. The van der Waals surface area contributed by atoms with E-state index in [4.69, 9.17) is 10.00 Å². The van der Waals surface area contributed by atoms with Gasteiger partial charge in [0.1, 0.15) is 11.6 Å². The Bertz CT molecular complexity index is 861. The Morgan fingerprint density at radius 1 is 1.23 bits per heavy atom. The number of nitriles is 1. The molecule has 1 saturated heterocycles. The fraction of sp³-hybridized carbons (Fsp3) is 0.222. The summed E-state index contributed by atoms with van der Waals surface area (Å²) in [6, 6.07) is 8.88. The topological polar surface area (TPSA) is 86.2 Å². The van der Waals surface area contributed by atoms with Crippen LogP contribution in [-0.4, -0.2) is 25.7 Å². The summed E-state index contributed by atoms with van der Waals surface area (Å²) in [7, 11) is 0. The molecule has 2 amide bonds. The maximum absolute atomic E-state index is 14.3. The van der Waals surface area contributed by atoms with E-state index in [1.54, 1.807) is 12.1 Å². The molecule has 1 aliphatic heterocycles. The molecular weight excluding hydrogens is 342 g/mol. The second kappa shape index (κ2) is 7.91. The van der Waals surface area contributed by atoms with E-state index in [0.717, 1.165) is 18.7 Å². The molecule has 134 valence electrons. The fourth-order valence-corrected chi connectivity index (χ4v) is 2.62. The minimum absolute atomic E-state index is 0.0214. The van der Waals surface area contributed by atoms with Crippen LogP contribution in [0.2, 0.25) is 0 Å². The lowest BCUT2D eigenvalue weighted by Gasteiger charge is -2.24. The van der Waals surface area contributed by atoms with Crippen LogP contribution >= 0.6 is 0 Å². The van der Waals surface area contributed by atoms with E-state index in [-0.39, 0.29) is 23.0 Å². The van der Waals surface area contributed by atoms with Crippen LogP contribution in [0.5, 0.6) is 0 Å². The van der Waals surface area contributed by atoms with Crippen molar-refractivity contribution in [1.29, 1.82) is 5.26 Å². The van der Waals surface area contributed by atoms with Crippen LogP contribution in [0.3, 0.4) is 0 Å². The van der Waals surface area contributed by atoms with Gasteiger partial charge >= 0.3 is 6.03 Å². The van der Waals surface area contributed by atoms with Crippen molar-refractivity contribution < 1.29 is 18.3 Å². The van der Waals surface area contributed by atoms with E-state index in [0.29, 0.717) is 18.7 Å². The van der Waals surface area contributed by atoms with E-state index in [1.165, 1.54) is 18.2 Å². The van der Waals surface area contributed by atoms with Gasteiger partial charge in [-0.1, -0.05) is 6.07 Å². The Morgan fingerprint density at radius 2 is 2.08 bits per heavy atom. The maximum Gasteiger partial charge on any atom is 0.323 e. The highest BCUT2D eigenvalue weighted by Crippen LogP contribution is 2.24. The zero-order valence-corrected chi connectivity index (χ0v) is 13.7. The highest BCUT2D eigenvalue weighted by molar-refractivity contribution is 5.99. The van der Waals surface area contributed by atoms with Crippen molar-refractivity contribution in [2.24, 2.45) is 0 Å². The van der Waals surface area contributed by atoms with Crippen molar-refractivity contribution in [3.63, 3.8) is 0 Å². The number of morpholine rings is 1. The molecule has 0 spiro atoms. The summed E-state index contributed by atoms with van der Waals surface area (Å²) in [5.74, 6) is -1.26. The molecule has 1 unspecified atom stereocenters. The first-order valence-corrected chi connectivity index (χ1v) is 7.95. The van der Waals surface area contributed by atoms with Gasteiger partial charge in [0.25, 0.3) is 0 Å². The molecule has 0 aromatic heterocycles. The summed E-state index contributed by atoms with van der Waals surface area (Å²) < 4.78 is 33.2. The maximum atomic E-state index is 14.3. The van der Waals surface area contributed by atoms with Crippen LogP contribution in [-0.2, 0) is 4.74 Å². The summed E-state index contributed by atoms with van der Waals surface area (Å²) in [5.41, 5.74) is 0.811. The van der Waals surface area contributed by atoms with E-state index >= 15 is 0 Å². The molecule has 1 aliphatic rings. The van der Waals surface area contributed by atoms with E-state index in [2.05, 4.69) is 16.0 Å². The van der Waals surface area contributed by atoms with Crippen LogP contribution in [0.25, 0.3) is 0 Å². The van der Waals surface area contributed by atoms with Crippen molar-refractivity contribution in [3.8, 4) is 6.07 Å². The lowest BCUT2D eigenvalue weighted by Crippen LogP contribution is -2.33. The average molecular weight is 358 g/mol. The van der Waals surface area contributed by atoms with Crippen LogP contribution < -0.4 is 16.0 Å². The quantitative estimate of drug-likeness (QED) is 0.787. The van der Waals surface area contributed by atoms with E-state index < -0.39 is 17.7 Å². The predicted molar refractivity (Wildman–Crippen MR) is 91.7 cm³/mol. The van der Waals surface area contributed by atoms with Crippen molar-refractivity contribution >= 4 is 17.4 Å². The SMILES string of the molecule is N#Cc1cc(F)cc(NC(=O)Nc2ccc(C3CNCCO3)cc2F)c1. The van der Waals surface area contributed by atoms with Crippen LogP contribution in [0.15, 0.2) is 36.4 Å². The Labute approximate surface area is 148 Å². The molecule has 26 heavy (non-hydrogen) atoms. The first-order chi connectivity index (χ1) is 12.5.